The van der Waals surface area contributed by atoms with E-state index in [1.54, 1.807) is 6.92 Å². The normalized spacial score (nSPS) is 13.5. The number of aromatic nitrogens is 2. The summed E-state index contributed by atoms with van der Waals surface area (Å²) in [5, 5.41) is -0.158. The largest absolute Gasteiger partial charge is 0.458 e. The molecule has 1 aromatic heterocycles. The van der Waals surface area contributed by atoms with E-state index in [1.807, 2.05) is 27.7 Å². The molecule has 0 saturated heterocycles. The van der Waals surface area contributed by atoms with E-state index in [9.17, 15) is 30.8 Å². The Bertz CT molecular complexity index is 1360. The summed E-state index contributed by atoms with van der Waals surface area (Å²) in [6, 6.07) is 2.32. The molecular formula is C30H41F4N3O4S. The first-order valence-electron chi connectivity index (χ1n) is 13.9. The molecule has 1 unspecified atom stereocenters. The zero-order chi connectivity index (χ0) is 32.1. The number of alkyl halides is 3. The van der Waals surface area contributed by atoms with Gasteiger partial charge in [0.05, 0.1) is 11.8 Å². The molecule has 0 aliphatic rings. The second kappa shape index (κ2) is 17.0. The third-order valence-corrected chi connectivity index (χ3v) is 7.16. The van der Waals surface area contributed by atoms with Crippen LogP contribution in [0.4, 0.5) is 17.6 Å². The Hall–Kier alpha value is -3.28. The predicted octanol–water partition coefficient (Wildman–Crippen LogP) is 8.50. The summed E-state index contributed by atoms with van der Waals surface area (Å²) in [7, 11) is -3.37. The first-order valence-corrected chi connectivity index (χ1v) is 15.8. The number of H-pyrrole nitrogens is 1. The van der Waals surface area contributed by atoms with Gasteiger partial charge in [-0.25, -0.2) is 17.8 Å². The number of aliphatic imine (C=N–C) groups is 1. The second-order valence-electron chi connectivity index (χ2n) is 9.66. The van der Waals surface area contributed by atoms with E-state index < -0.39 is 27.4 Å². The molecule has 1 atom stereocenters. The van der Waals surface area contributed by atoms with Crippen LogP contribution in [0.15, 0.2) is 58.7 Å². The molecule has 7 nitrogen and oxygen atoms in total. The lowest BCUT2D eigenvalue weighted by atomic mass is 9.99. The van der Waals surface area contributed by atoms with Crippen molar-refractivity contribution in [1.82, 2.24) is 9.97 Å². The first kappa shape index (κ1) is 36.7. The number of unbranched alkanes of at least 4 members (excludes halogenated alkanes) is 1. The molecule has 2 rings (SSSR count). The van der Waals surface area contributed by atoms with Crippen molar-refractivity contribution in [3.05, 3.63) is 65.6 Å². The van der Waals surface area contributed by atoms with Crippen molar-refractivity contribution in [3.8, 4) is 5.75 Å². The van der Waals surface area contributed by atoms with Gasteiger partial charge in [-0.2, -0.15) is 13.2 Å². The van der Waals surface area contributed by atoms with Gasteiger partial charge >= 0.3 is 6.18 Å². The quantitative estimate of drug-likeness (QED) is 0.0994. The highest BCUT2D eigenvalue weighted by atomic mass is 32.2. The minimum atomic E-state index is -4.60. The lowest BCUT2D eigenvalue weighted by Gasteiger charge is -2.18. The minimum Gasteiger partial charge on any atom is -0.458 e. The summed E-state index contributed by atoms with van der Waals surface area (Å²) in [4.78, 5) is 22.1. The summed E-state index contributed by atoms with van der Waals surface area (Å²) in [5.74, 6) is -0.928. The number of nitrogens with zero attached hydrogens (tertiary/aromatic N) is 2. The topological polar surface area (TPSA) is 101 Å². The van der Waals surface area contributed by atoms with E-state index in [4.69, 9.17) is 4.74 Å². The number of allylic oxidation sites excluding steroid dienone is 2. The third kappa shape index (κ3) is 11.2. The Morgan fingerprint density at radius 2 is 1.83 bits per heavy atom. The average Bonchev–Trinajstić information content (AvgIpc) is 3.44. The summed E-state index contributed by atoms with van der Waals surface area (Å²) in [6.45, 7) is 13.3. The molecule has 0 aliphatic heterocycles. The van der Waals surface area contributed by atoms with Crippen molar-refractivity contribution < 1.29 is 35.5 Å². The summed E-state index contributed by atoms with van der Waals surface area (Å²) < 4.78 is 80.5. The molecule has 0 bridgehead atoms. The predicted molar refractivity (Wildman–Crippen MR) is 157 cm³/mol. The second-order valence-corrected chi connectivity index (χ2v) is 11.6. The molecule has 234 valence electrons. The lowest BCUT2D eigenvalue weighted by molar-refractivity contribution is -0.137. The Morgan fingerprint density at radius 1 is 1.17 bits per heavy atom. The van der Waals surface area contributed by atoms with Crippen molar-refractivity contribution in [2.75, 3.05) is 6.26 Å². The summed E-state index contributed by atoms with van der Waals surface area (Å²) >= 11 is 0. The van der Waals surface area contributed by atoms with Crippen LogP contribution < -0.4 is 4.74 Å². The number of benzene rings is 1. The molecule has 42 heavy (non-hydrogen) atoms. The van der Waals surface area contributed by atoms with Crippen LogP contribution in [0.1, 0.15) is 95.6 Å². The number of ether oxygens (including phenoxy) is 1. The number of Topliss-reactive ketones (excluding diaryl/α,β-unsaturated/α-hetero) is 1. The zero-order valence-corrected chi connectivity index (χ0v) is 25.9. The van der Waals surface area contributed by atoms with E-state index in [-0.39, 0.29) is 28.3 Å². The van der Waals surface area contributed by atoms with Crippen LogP contribution >= 0.6 is 0 Å². The zero-order valence-electron chi connectivity index (χ0n) is 25.1. The fraction of sp³-hybridized carbons (Fsp3) is 0.500. The number of hydrogen-bond donors (Lipinski definition) is 1. The van der Waals surface area contributed by atoms with Crippen LogP contribution in [0, 0.1) is 11.7 Å². The van der Waals surface area contributed by atoms with Crippen LogP contribution in [0.5, 0.6) is 5.75 Å². The number of sulfone groups is 1. The maximum atomic E-state index is 14.2. The number of aromatic amines is 1. The van der Waals surface area contributed by atoms with E-state index in [0.717, 1.165) is 48.9 Å². The fourth-order valence-electron chi connectivity index (χ4n) is 3.75. The monoisotopic (exact) mass is 615 g/mol. The maximum absolute atomic E-state index is 14.2. The number of halogens is 4. The number of hydrogen-bond acceptors (Lipinski definition) is 6. The van der Waals surface area contributed by atoms with Crippen LogP contribution in [-0.2, 0) is 16.0 Å². The van der Waals surface area contributed by atoms with Crippen molar-refractivity contribution in [1.29, 1.82) is 0 Å². The Kier molecular flexibility index (Phi) is 14.9. The number of nitrogens with one attached hydrogen (secondary N) is 1. The van der Waals surface area contributed by atoms with Gasteiger partial charge in [0.15, 0.2) is 17.3 Å². The first-order chi connectivity index (χ1) is 19.6. The Balaban J connectivity index is 0.000000495. The standard InChI is InChI=1S/C21H27F4NO.C9H14N2O3S/c1-5-9-11-19(16(10-6-2)18(7-3)26-8-4)27-20-13-12-15(14-17(20)22)21(23,24)25;1-4-6(2)8(12)7-5-10-9(11-7)15(3,13)14/h8,12-14H,4-7,9-11H2,1-3H3;5-6H,4H2,1-3H3,(H,10,11)/b19-16+,26-18?;. The smallest absolute Gasteiger partial charge is 0.416 e. The van der Waals surface area contributed by atoms with Gasteiger partial charge in [-0.1, -0.05) is 54.0 Å². The van der Waals surface area contributed by atoms with E-state index in [1.165, 1.54) is 12.4 Å². The van der Waals surface area contributed by atoms with Gasteiger partial charge in [-0.3, -0.25) is 9.79 Å². The molecule has 0 spiro atoms. The van der Waals surface area contributed by atoms with Crippen molar-refractivity contribution in [2.24, 2.45) is 10.9 Å². The molecule has 0 aliphatic carbocycles. The van der Waals surface area contributed by atoms with Crippen molar-refractivity contribution >= 4 is 21.3 Å². The van der Waals surface area contributed by atoms with E-state index >= 15 is 0 Å². The van der Waals surface area contributed by atoms with Gasteiger partial charge in [0, 0.05) is 36.1 Å². The summed E-state index contributed by atoms with van der Waals surface area (Å²) in [5.41, 5.74) is 0.880. The molecule has 0 fully saturated rings. The van der Waals surface area contributed by atoms with Crippen LogP contribution in [0.25, 0.3) is 0 Å². The number of carbonyl (C=O) groups is 1. The molecule has 0 radical (unpaired) electrons. The van der Waals surface area contributed by atoms with Gasteiger partial charge < -0.3 is 9.72 Å². The highest BCUT2D eigenvalue weighted by Gasteiger charge is 2.31. The molecule has 12 heteroatoms. The van der Waals surface area contributed by atoms with Crippen LogP contribution in [-0.4, -0.2) is 36.1 Å². The molecule has 1 heterocycles. The Labute approximate surface area is 246 Å². The van der Waals surface area contributed by atoms with Crippen LogP contribution in [0.2, 0.25) is 0 Å². The SMILES string of the molecule is C=CN=C(CC)/C(CCC)=C(\CCCC)Oc1ccc(C(F)(F)F)cc1F.CCC(C)C(=O)c1cnc(S(C)(=O)=O)[nH]1. The number of carbonyl (C=O) groups excluding carboxylic acids is 1. The molecule has 1 aromatic carbocycles. The minimum absolute atomic E-state index is 0.111. The maximum Gasteiger partial charge on any atom is 0.416 e. The van der Waals surface area contributed by atoms with Crippen LogP contribution in [0.3, 0.4) is 0 Å². The molecule has 2 aromatic rings. The van der Waals surface area contributed by atoms with Gasteiger partial charge in [-0.05, 0) is 43.9 Å². The van der Waals surface area contributed by atoms with Crippen molar-refractivity contribution in [3.63, 3.8) is 0 Å². The lowest BCUT2D eigenvalue weighted by Crippen LogP contribution is -2.11. The summed E-state index contributed by atoms with van der Waals surface area (Å²) in [6.07, 6.45) is 4.32. The number of rotatable bonds is 14. The van der Waals surface area contributed by atoms with Crippen molar-refractivity contribution in [2.45, 2.75) is 90.9 Å². The molecule has 0 amide bonds. The molecular weight excluding hydrogens is 574 g/mol. The van der Waals surface area contributed by atoms with Gasteiger partial charge in [-0.15, -0.1) is 0 Å². The Morgan fingerprint density at radius 3 is 2.29 bits per heavy atom. The fourth-order valence-corrected chi connectivity index (χ4v) is 4.29. The third-order valence-electron chi connectivity index (χ3n) is 6.25. The highest BCUT2D eigenvalue weighted by molar-refractivity contribution is 7.90. The molecule has 1 N–H and O–H groups in total. The van der Waals surface area contributed by atoms with Gasteiger partial charge in [0.1, 0.15) is 11.5 Å². The van der Waals surface area contributed by atoms with E-state index in [0.29, 0.717) is 37.5 Å². The average molecular weight is 616 g/mol. The highest BCUT2D eigenvalue weighted by Crippen LogP contribution is 2.33. The molecule has 0 saturated carbocycles. The van der Waals surface area contributed by atoms with Gasteiger partial charge in [0.2, 0.25) is 15.0 Å². The van der Waals surface area contributed by atoms with E-state index in [2.05, 4.69) is 21.5 Å². The number of imidazole rings is 1. The van der Waals surface area contributed by atoms with Gasteiger partial charge in [0.25, 0.3) is 0 Å². The number of ketones is 1.